The fourth-order valence-corrected chi connectivity index (χ4v) is 5.81. The van der Waals surface area contributed by atoms with Gasteiger partial charge in [-0.2, -0.15) is 4.98 Å². The van der Waals surface area contributed by atoms with E-state index in [0.29, 0.717) is 23.6 Å². The molecule has 1 aliphatic carbocycles. The Balaban J connectivity index is 1.08. The van der Waals surface area contributed by atoms with Gasteiger partial charge in [0.2, 0.25) is 5.95 Å². The van der Waals surface area contributed by atoms with Crippen molar-refractivity contribution in [3.05, 3.63) is 65.4 Å². The van der Waals surface area contributed by atoms with Crippen LogP contribution in [0.15, 0.2) is 65.4 Å². The Morgan fingerprint density at radius 1 is 0.900 bits per heavy atom. The molecule has 9 nitrogen and oxygen atoms in total. The van der Waals surface area contributed by atoms with Gasteiger partial charge in [0.25, 0.3) is 0 Å². The summed E-state index contributed by atoms with van der Waals surface area (Å²) in [5, 5.41) is 7.63. The third-order valence-corrected chi connectivity index (χ3v) is 7.98. The zero-order valence-electron chi connectivity index (χ0n) is 22.5. The maximum Gasteiger partial charge on any atom is 0.229 e. The molecule has 0 unspecified atom stereocenters. The van der Waals surface area contributed by atoms with Crippen LogP contribution in [-0.4, -0.2) is 65.4 Å². The Kier molecular flexibility index (Phi) is 8.27. The predicted octanol–water partition coefficient (Wildman–Crippen LogP) is 6.31. The number of anilines is 4. The van der Waals surface area contributed by atoms with Crippen LogP contribution >= 0.6 is 15.9 Å². The number of hydrogen-bond donors (Lipinski definition) is 2. The number of pyridine rings is 1. The average Bonchev–Trinajstić information content (AvgIpc) is 2.99. The third-order valence-electron chi connectivity index (χ3n) is 7.49. The fourth-order valence-electron chi connectivity index (χ4n) is 5.43. The van der Waals surface area contributed by atoms with Crippen LogP contribution < -0.4 is 20.1 Å². The third kappa shape index (κ3) is 6.46. The van der Waals surface area contributed by atoms with Gasteiger partial charge in [-0.05, 0) is 68.1 Å². The van der Waals surface area contributed by atoms with Crippen LogP contribution in [0.4, 0.5) is 23.1 Å². The van der Waals surface area contributed by atoms with E-state index in [9.17, 15) is 0 Å². The van der Waals surface area contributed by atoms with E-state index in [0.717, 1.165) is 84.5 Å². The van der Waals surface area contributed by atoms with E-state index < -0.39 is 0 Å². The molecule has 0 radical (unpaired) electrons. The first kappa shape index (κ1) is 26.7. The molecule has 6 rings (SSSR count). The minimum atomic E-state index is 0.196. The number of benzene rings is 2. The summed E-state index contributed by atoms with van der Waals surface area (Å²) in [6.07, 6.45) is 8.10. The van der Waals surface area contributed by atoms with Crippen molar-refractivity contribution in [2.24, 2.45) is 0 Å². The van der Waals surface area contributed by atoms with Crippen molar-refractivity contribution in [2.45, 2.75) is 37.8 Å². The highest BCUT2D eigenvalue weighted by atomic mass is 79.9. The van der Waals surface area contributed by atoms with E-state index in [1.165, 1.54) is 0 Å². The molecule has 1 aliphatic heterocycles. The van der Waals surface area contributed by atoms with Crippen LogP contribution in [0.5, 0.6) is 11.5 Å². The molecule has 10 heteroatoms. The summed E-state index contributed by atoms with van der Waals surface area (Å²) in [6, 6.07) is 16.3. The predicted molar refractivity (Wildman–Crippen MR) is 160 cm³/mol. The van der Waals surface area contributed by atoms with E-state index in [2.05, 4.69) is 46.4 Å². The summed E-state index contributed by atoms with van der Waals surface area (Å²) in [4.78, 5) is 16.1. The first-order valence-electron chi connectivity index (χ1n) is 13.7. The molecule has 0 amide bonds. The van der Waals surface area contributed by atoms with Crippen molar-refractivity contribution >= 4 is 50.0 Å². The topological polar surface area (TPSA) is 93.7 Å². The first-order valence-corrected chi connectivity index (χ1v) is 14.5. The van der Waals surface area contributed by atoms with Gasteiger partial charge < -0.3 is 24.8 Å². The zero-order chi connectivity index (χ0) is 27.3. The lowest BCUT2D eigenvalue weighted by Gasteiger charge is -2.38. The molecule has 4 aromatic rings. The first-order chi connectivity index (χ1) is 19.6. The zero-order valence-corrected chi connectivity index (χ0v) is 24.1. The Hall–Kier alpha value is -3.47. The van der Waals surface area contributed by atoms with Crippen LogP contribution in [0.25, 0.3) is 10.9 Å². The van der Waals surface area contributed by atoms with Gasteiger partial charge in [-0.25, -0.2) is 4.98 Å². The maximum absolute atomic E-state index is 6.40. The van der Waals surface area contributed by atoms with E-state index >= 15 is 0 Å². The largest absolute Gasteiger partial charge is 0.493 e. The molecule has 2 N–H and O–H groups in total. The van der Waals surface area contributed by atoms with Gasteiger partial charge in [0.05, 0.1) is 43.8 Å². The van der Waals surface area contributed by atoms with Gasteiger partial charge >= 0.3 is 0 Å². The lowest BCUT2D eigenvalue weighted by atomic mass is 9.91. The molecule has 1 saturated heterocycles. The molecule has 0 bridgehead atoms. The van der Waals surface area contributed by atoms with Crippen molar-refractivity contribution in [1.82, 2.24) is 19.9 Å². The minimum Gasteiger partial charge on any atom is -0.493 e. The summed E-state index contributed by atoms with van der Waals surface area (Å²) in [5.41, 5.74) is 2.59. The highest BCUT2D eigenvalue weighted by molar-refractivity contribution is 9.10. The molecule has 0 atom stereocenters. The second-order valence-corrected chi connectivity index (χ2v) is 11.1. The van der Waals surface area contributed by atoms with Crippen molar-refractivity contribution in [3.8, 4) is 11.5 Å². The van der Waals surface area contributed by atoms with Crippen molar-refractivity contribution in [2.75, 3.05) is 44.0 Å². The van der Waals surface area contributed by atoms with Gasteiger partial charge in [-0.3, -0.25) is 9.88 Å². The Morgan fingerprint density at radius 2 is 1.75 bits per heavy atom. The molecule has 0 spiro atoms. The van der Waals surface area contributed by atoms with E-state index in [1.807, 2.05) is 48.5 Å². The number of fused-ring (bicyclic) bond motifs is 1. The quantitative estimate of drug-likeness (QED) is 0.240. The maximum atomic E-state index is 6.40. The van der Waals surface area contributed by atoms with Gasteiger partial charge in [0.15, 0.2) is 11.5 Å². The number of rotatable bonds is 8. The molecular formula is C30H33BrN6O3. The number of aromatic nitrogens is 3. The van der Waals surface area contributed by atoms with E-state index in [-0.39, 0.29) is 6.10 Å². The lowest BCUT2D eigenvalue weighted by Crippen LogP contribution is -2.46. The molecule has 208 valence electrons. The number of nitrogens with one attached hydrogen (secondary N) is 2. The highest BCUT2D eigenvalue weighted by Crippen LogP contribution is 2.35. The van der Waals surface area contributed by atoms with Gasteiger partial charge in [-0.15, -0.1) is 0 Å². The van der Waals surface area contributed by atoms with Crippen LogP contribution in [0, 0.1) is 0 Å². The Morgan fingerprint density at radius 3 is 2.58 bits per heavy atom. The summed E-state index contributed by atoms with van der Waals surface area (Å²) in [6.45, 7) is 3.78. The average molecular weight is 606 g/mol. The lowest BCUT2D eigenvalue weighted by molar-refractivity contribution is -0.00121. The van der Waals surface area contributed by atoms with E-state index in [4.69, 9.17) is 14.2 Å². The highest BCUT2D eigenvalue weighted by Gasteiger charge is 2.28. The standard InChI is InChI=1S/C30H33BrN6O3/c1-38-28-18-22(3-9-27(28)40-25-6-4-24(5-7-25)37-12-14-39-15-13-37)35-30-32-11-10-29(36-30)34-23-17-20-16-21(31)2-8-26(20)33-19-23/h2-3,8-11,16-19,24-25H,4-7,12-15H2,1H3,(H2,32,34,35,36). The fraction of sp³-hybridized carbons (Fsp3) is 0.367. The van der Waals surface area contributed by atoms with Gasteiger partial charge in [-0.1, -0.05) is 15.9 Å². The molecule has 3 heterocycles. The monoisotopic (exact) mass is 604 g/mol. The van der Waals surface area contributed by atoms with E-state index in [1.54, 1.807) is 19.5 Å². The molecule has 2 fully saturated rings. The summed E-state index contributed by atoms with van der Waals surface area (Å²) in [5.74, 6) is 2.57. The Labute approximate surface area is 242 Å². The second-order valence-electron chi connectivity index (χ2n) is 10.1. The molecule has 2 aromatic heterocycles. The summed E-state index contributed by atoms with van der Waals surface area (Å²) >= 11 is 3.52. The number of methoxy groups -OCH3 is 1. The minimum absolute atomic E-state index is 0.196. The number of nitrogens with zero attached hydrogens (tertiary/aromatic N) is 4. The number of hydrogen-bond acceptors (Lipinski definition) is 9. The van der Waals surface area contributed by atoms with Crippen LogP contribution in [0.1, 0.15) is 25.7 Å². The van der Waals surface area contributed by atoms with Crippen LogP contribution in [0.3, 0.4) is 0 Å². The molecule has 1 saturated carbocycles. The molecule has 2 aliphatic rings. The Bertz CT molecular complexity index is 1460. The van der Waals surface area contributed by atoms with Crippen molar-refractivity contribution in [3.63, 3.8) is 0 Å². The SMILES string of the molecule is COc1cc(Nc2nccc(Nc3cnc4ccc(Br)cc4c3)n2)ccc1OC1CCC(N2CCOCC2)CC1. The number of morpholine rings is 1. The van der Waals surface area contributed by atoms with Crippen molar-refractivity contribution in [1.29, 1.82) is 0 Å². The molecule has 40 heavy (non-hydrogen) atoms. The van der Waals surface area contributed by atoms with Crippen LogP contribution in [0.2, 0.25) is 0 Å². The summed E-state index contributed by atoms with van der Waals surface area (Å²) in [7, 11) is 1.67. The molecular weight excluding hydrogens is 572 g/mol. The summed E-state index contributed by atoms with van der Waals surface area (Å²) < 4.78 is 18.6. The second kappa shape index (κ2) is 12.4. The van der Waals surface area contributed by atoms with Crippen molar-refractivity contribution < 1.29 is 14.2 Å². The molecule has 2 aromatic carbocycles. The number of halogens is 1. The van der Waals surface area contributed by atoms with Gasteiger partial charge in [0.1, 0.15) is 5.82 Å². The normalized spacial score (nSPS) is 19.8. The van der Waals surface area contributed by atoms with Crippen LogP contribution in [-0.2, 0) is 4.74 Å². The van der Waals surface area contributed by atoms with Gasteiger partial charge in [0, 0.05) is 46.9 Å². The number of ether oxygens (including phenoxy) is 3. The smallest absolute Gasteiger partial charge is 0.229 e.